The maximum absolute atomic E-state index is 12.3. The maximum atomic E-state index is 12.3. The highest BCUT2D eigenvalue weighted by atomic mass is 16.5. The van der Waals surface area contributed by atoms with E-state index in [-0.39, 0.29) is 17.4 Å². The van der Waals surface area contributed by atoms with Gasteiger partial charge in [0.2, 0.25) is 5.91 Å². The Labute approximate surface area is 147 Å². The van der Waals surface area contributed by atoms with Crippen molar-refractivity contribution < 1.29 is 24.5 Å². The Bertz CT molecular complexity index is 745. The molecule has 0 aromatic heterocycles. The molecule has 2 rings (SSSR count). The first-order valence-electron chi connectivity index (χ1n) is 7.94. The fourth-order valence-electron chi connectivity index (χ4n) is 2.74. The first kappa shape index (κ1) is 18.4. The first-order chi connectivity index (χ1) is 12.0. The Morgan fingerprint density at radius 1 is 1.04 bits per heavy atom. The van der Waals surface area contributed by atoms with E-state index in [0.29, 0.717) is 29.9 Å². The molecule has 3 N–H and O–H groups in total. The lowest BCUT2D eigenvalue weighted by atomic mass is 9.91. The molecule has 0 saturated heterocycles. The summed E-state index contributed by atoms with van der Waals surface area (Å²) in [5, 5.41) is 22.3. The maximum Gasteiger partial charge on any atom is 0.227 e. The van der Waals surface area contributed by atoms with E-state index in [1.54, 1.807) is 43.4 Å². The van der Waals surface area contributed by atoms with Crippen LogP contribution < -0.4 is 14.8 Å². The van der Waals surface area contributed by atoms with E-state index in [1.807, 2.05) is 0 Å². The van der Waals surface area contributed by atoms with Gasteiger partial charge in [0, 0.05) is 7.05 Å². The number of phenols is 2. The molecule has 1 unspecified atom stereocenters. The predicted molar refractivity (Wildman–Crippen MR) is 94.4 cm³/mol. The van der Waals surface area contributed by atoms with Gasteiger partial charge in [0.15, 0.2) is 23.0 Å². The average Bonchev–Trinajstić information content (AvgIpc) is 2.63. The molecule has 0 aliphatic carbocycles. The summed E-state index contributed by atoms with van der Waals surface area (Å²) in [6.45, 7) is 0. The third-order valence-electron chi connectivity index (χ3n) is 4.13. The number of benzene rings is 2. The Morgan fingerprint density at radius 3 is 2.36 bits per heavy atom. The number of hydrogen-bond acceptors (Lipinski definition) is 5. The molecule has 6 nitrogen and oxygen atoms in total. The molecule has 0 bridgehead atoms. The van der Waals surface area contributed by atoms with Crippen LogP contribution in [0.1, 0.15) is 23.5 Å². The summed E-state index contributed by atoms with van der Waals surface area (Å²) in [5.41, 5.74) is 1.66. The summed E-state index contributed by atoms with van der Waals surface area (Å²) >= 11 is 0. The van der Waals surface area contributed by atoms with E-state index in [1.165, 1.54) is 14.2 Å². The summed E-state index contributed by atoms with van der Waals surface area (Å²) in [4.78, 5) is 12.3. The van der Waals surface area contributed by atoms with Gasteiger partial charge in [-0.25, -0.2) is 0 Å². The minimum Gasteiger partial charge on any atom is -0.504 e. The summed E-state index contributed by atoms with van der Waals surface area (Å²) in [7, 11) is 4.55. The van der Waals surface area contributed by atoms with Gasteiger partial charge < -0.3 is 25.0 Å². The molecule has 0 radical (unpaired) electrons. The molecule has 2 aromatic rings. The molecule has 25 heavy (non-hydrogen) atoms. The van der Waals surface area contributed by atoms with Gasteiger partial charge in [0.1, 0.15) is 0 Å². The number of carbonyl (C=O) groups excluding carboxylic acids is 1. The molecule has 0 heterocycles. The van der Waals surface area contributed by atoms with Crippen molar-refractivity contribution in [1.82, 2.24) is 5.32 Å². The SMILES string of the molecule is CNC(=O)C(CCc1ccc(O)c(OC)c1)c1ccc(OC)c(O)c1. The number of methoxy groups -OCH3 is 2. The van der Waals surface area contributed by atoms with E-state index in [9.17, 15) is 15.0 Å². The summed E-state index contributed by atoms with van der Waals surface area (Å²) in [6.07, 6.45) is 1.15. The van der Waals surface area contributed by atoms with Crippen LogP contribution in [0.4, 0.5) is 0 Å². The fourth-order valence-corrected chi connectivity index (χ4v) is 2.74. The highest BCUT2D eigenvalue weighted by molar-refractivity contribution is 5.83. The van der Waals surface area contributed by atoms with Gasteiger partial charge in [-0.3, -0.25) is 4.79 Å². The Kier molecular flexibility index (Phi) is 6.11. The number of aromatic hydroxyl groups is 2. The van der Waals surface area contributed by atoms with Crippen molar-refractivity contribution in [2.75, 3.05) is 21.3 Å². The molecular weight excluding hydrogens is 322 g/mol. The van der Waals surface area contributed by atoms with Gasteiger partial charge in [0.05, 0.1) is 20.1 Å². The lowest BCUT2D eigenvalue weighted by Crippen LogP contribution is -2.26. The number of nitrogens with one attached hydrogen (secondary N) is 1. The third kappa shape index (κ3) is 4.35. The van der Waals surface area contributed by atoms with Gasteiger partial charge in [-0.15, -0.1) is 0 Å². The van der Waals surface area contributed by atoms with Crippen molar-refractivity contribution in [2.24, 2.45) is 0 Å². The van der Waals surface area contributed by atoms with Crippen LogP contribution in [-0.4, -0.2) is 37.4 Å². The van der Waals surface area contributed by atoms with Crippen molar-refractivity contribution in [3.63, 3.8) is 0 Å². The van der Waals surface area contributed by atoms with Crippen LogP contribution in [0.3, 0.4) is 0 Å². The monoisotopic (exact) mass is 345 g/mol. The summed E-state index contributed by atoms with van der Waals surface area (Å²) < 4.78 is 10.2. The minimum absolute atomic E-state index is 0.000190. The van der Waals surface area contributed by atoms with Crippen LogP contribution in [0.2, 0.25) is 0 Å². The standard InChI is InChI=1S/C19H23NO5/c1-20-19(23)14(13-6-9-17(24-2)16(22)11-13)7-4-12-5-8-15(21)18(10-12)25-3/h5-6,8-11,14,21-22H,4,7H2,1-3H3,(H,20,23). The fraction of sp³-hybridized carbons (Fsp3) is 0.316. The number of rotatable bonds is 7. The van der Waals surface area contributed by atoms with Crippen molar-refractivity contribution in [2.45, 2.75) is 18.8 Å². The number of carbonyl (C=O) groups is 1. The second-order valence-corrected chi connectivity index (χ2v) is 5.64. The van der Waals surface area contributed by atoms with Crippen molar-refractivity contribution in [3.05, 3.63) is 47.5 Å². The molecule has 0 aliphatic heterocycles. The normalized spacial score (nSPS) is 11.6. The van der Waals surface area contributed by atoms with E-state index in [0.717, 1.165) is 5.56 Å². The zero-order valence-corrected chi connectivity index (χ0v) is 14.6. The highest BCUT2D eigenvalue weighted by Gasteiger charge is 2.21. The molecule has 134 valence electrons. The zero-order chi connectivity index (χ0) is 18.4. The molecule has 0 saturated carbocycles. The minimum atomic E-state index is -0.415. The third-order valence-corrected chi connectivity index (χ3v) is 4.13. The highest BCUT2D eigenvalue weighted by Crippen LogP contribution is 2.32. The van der Waals surface area contributed by atoms with Gasteiger partial charge in [-0.2, -0.15) is 0 Å². The largest absolute Gasteiger partial charge is 0.504 e. The smallest absolute Gasteiger partial charge is 0.227 e. The first-order valence-corrected chi connectivity index (χ1v) is 7.94. The Morgan fingerprint density at radius 2 is 1.76 bits per heavy atom. The van der Waals surface area contributed by atoms with Gasteiger partial charge in [-0.05, 0) is 48.2 Å². The topological polar surface area (TPSA) is 88.0 Å². The number of likely N-dealkylation sites (N-methyl/N-ethyl adjacent to an activating group) is 1. The number of hydrogen-bond donors (Lipinski definition) is 3. The molecule has 1 amide bonds. The van der Waals surface area contributed by atoms with Crippen molar-refractivity contribution in [1.29, 1.82) is 0 Å². The molecule has 1 atom stereocenters. The number of amides is 1. The van der Waals surface area contributed by atoms with E-state index in [2.05, 4.69) is 5.32 Å². The van der Waals surface area contributed by atoms with Crippen molar-refractivity contribution >= 4 is 5.91 Å². The summed E-state index contributed by atoms with van der Waals surface area (Å²) in [6, 6.07) is 10.1. The van der Waals surface area contributed by atoms with Gasteiger partial charge in [0.25, 0.3) is 0 Å². The molecule has 0 fully saturated rings. The number of phenolic OH excluding ortho intramolecular Hbond substituents is 2. The molecule has 2 aromatic carbocycles. The van der Waals surface area contributed by atoms with Crippen LogP contribution in [0.5, 0.6) is 23.0 Å². The molecule has 0 aliphatic rings. The molecule has 0 spiro atoms. The lowest BCUT2D eigenvalue weighted by molar-refractivity contribution is -0.122. The zero-order valence-electron chi connectivity index (χ0n) is 14.6. The van der Waals surface area contributed by atoms with E-state index >= 15 is 0 Å². The van der Waals surface area contributed by atoms with Crippen LogP contribution in [0.25, 0.3) is 0 Å². The second kappa shape index (κ2) is 8.28. The van der Waals surface area contributed by atoms with Crippen LogP contribution >= 0.6 is 0 Å². The van der Waals surface area contributed by atoms with Gasteiger partial charge >= 0.3 is 0 Å². The van der Waals surface area contributed by atoms with Crippen LogP contribution in [0, 0.1) is 0 Å². The lowest BCUT2D eigenvalue weighted by Gasteiger charge is -2.17. The number of aryl methyl sites for hydroxylation is 1. The van der Waals surface area contributed by atoms with Crippen LogP contribution in [0.15, 0.2) is 36.4 Å². The second-order valence-electron chi connectivity index (χ2n) is 5.64. The average molecular weight is 345 g/mol. The van der Waals surface area contributed by atoms with E-state index in [4.69, 9.17) is 9.47 Å². The van der Waals surface area contributed by atoms with E-state index < -0.39 is 5.92 Å². The Hall–Kier alpha value is -2.89. The quantitative estimate of drug-likeness (QED) is 0.718. The Balaban J connectivity index is 2.21. The number of ether oxygens (including phenoxy) is 2. The van der Waals surface area contributed by atoms with Crippen molar-refractivity contribution in [3.8, 4) is 23.0 Å². The predicted octanol–water partition coefficient (Wildman–Crippen LogP) is 2.58. The molecular formula is C19H23NO5. The van der Waals surface area contributed by atoms with Crippen LogP contribution in [-0.2, 0) is 11.2 Å². The summed E-state index contributed by atoms with van der Waals surface area (Å²) in [5.74, 6) is 0.296. The molecule has 6 heteroatoms. The van der Waals surface area contributed by atoms with Gasteiger partial charge in [-0.1, -0.05) is 12.1 Å².